The Morgan fingerprint density at radius 2 is 1.83 bits per heavy atom. The summed E-state index contributed by atoms with van der Waals surface area (Å²) in [6, 6.07) is 11.3. The van der Waals surface area contributed by atoms with Crippen LogP contribution < -0.4 is 9.80 Å². The summed E-state index contributed by atoms with van der Waals surface area (Å²) in [5.41, 5.74) is 2.19. The van der Waals surface area contributed by atoms with Crippen molar-refractivity contribution < 1.29 is 9.59 Å². The topological polar surface area (TPSA) is 69.6 Å². The summed E-state index contributed by atoms with van der Waals surface area (Å²) in [5.74, 6) is 0.196. The molecule has 0 atom stereocenters. The molecule has 2 aliphatic rings. The van der Waals surface area contributed by atoms with E-state index in [0.717, 1.165) is 41.4 Å². The normalized spacial score (nSPS) is 16.7. The zero-order valence-corrected chi connectivity index (χ0v) is 17.6. The summed E-state index contributed by atoms with van der Waals surface area (Å²) in [5, 5.41) is 0.950. The number of piperazine rings is 1. The minimum atomic E-state index is -0.0216. The second kappa shape index (κ2) is 7.68. The maximum atomic E-state index is 13.3. The molecule has 0 N–H and O–H groups in total. The molecular formula is C22H23N5O2S. The predicted octanol–water partition coefficient (Wildman–Crippen LogP) is 3.03. The Labute approximate surface area is 178 Å². The molecule has 2 amide bonds. The Kier molecular flexibility index (Phi) is 4.86. The summed E-state index contributed by atoms with van der Waals surface area (Å²) < 4.78 is 0. The Balaban J connectivity index is 1.29. The quantitative estimate of drug-likeness (QED) is 0.648. The van der Waals surface area contributed by atoms with Crippen molar-refractivity contribution in [3.63, 3.8) is 0 Å². The smallest absolute Gasteiger partial charge is 0.256 e. The van der Waals surface area contributed by atoms with Crippen LogP contribution in [0.3, 0.4) is 0 Å². The molecule has 0 spiro atoms. The van der Waals surface area contributed by atoms with E-state index >= 15 is 0 Å². The van der Waals surface area contributed by atoms with E-state index in [1.807, 2.05) is 41.3 Å². The minimum absolute atomic E-state index is 0.0216. The van der Waals surface area contributed by atoms with Crippen LogP contribution in [0.1, 0.15) is 23.2 Å². The number of pyridine rings is 1. The number of rotatable bonds is 4. The molecular weight excluding hydrogens is 398 g/mol. The summed E-state index contributed by atoms with van der Waals surface area (Å²) in [6.07, 6.45) is 3.67. The lowest BCUT2D eigenvalue weighted by molar-refractivity contribution is -0.119. The van der Waals surface area contributed by atoms with Gasteiger partial charge in [-0.3, -0.25) is 9.59 Å². The molecule has 1 saturated carbocycles. The molecule has 0 unspecified atom stereocenters. The van der Waals surface area contributed by atoms with Gasteiger partial charge in [0.25, 0.3) is 5.91 Å². The Morgan fingerprint density at radius 1 is 1.07 bits per heavy atom. The van der Waals surface area contributed by atoms with Crippen molar-refractivity contribution in [2.75, 3.05) is 43.0 Å². The molecule has 1 aliphatic heterocycles. The van der Waals surface area contributed by atoms with Gasteiger partial charge in [0.05, 0.1) is 11.3 Å². The van der Waals surface area contributed by atoms with Crippen molar-refractivity contribution in [2.24, 2.45) is 5.92 Å². The van der Waals surface area contributed by atoms with Gasteiger partial charge in [0.1, 0.15) is 10.3 Å². The molecule has 3 heterocycles. The number of para-hydroxylation sites is 1. The number of fused-ring (bicyclic) bond motifs is 1. The van der Waals surface area contributed by atoms with Gasteiger partial charge in [-0.15, -0.1) is 0 Å². The number of nitrogens with zero attached hydrogens (tertiary/aromatic N) is 5. The van der Waals surface area contributed by atoms with Crippen LogP contribution in [0.4, 0.5) is 10.8 Å². The fraction of sp³-hybridized carbons (Fsp3) is 0.364. The van der Waals surface area contributed by atoms with Crippen LogP contribution in [-0.2, 0) is 4.79 Å². The zero-order valence-electron chi connectivity index (χ0n) is 16.8. The number of carbonyl (C=O) groups excluding carboxylic acids is 2. The van der Waals surface area contributed by atoms with E-state index in [-0.39, 0.29) is 17.7 Å². The Morgan fingerprint density at radius 3 is 2.57 bits per heavy atom. The standard InChI is InChI=1S/C22H23N5O2S/c1-25(20(28)15-8-9-15)18-7-3-2-5-16(18)21(29)26-11-13-27(14-12-26)22-24-17-6-4-10-23-19(17)30-22/h2-7,10,15H,8-9,11-14H2,1H3. The molecule has 5 rings (SSSR count). The number of thiazole rings is 1. The zero-order chi connectivity index (χ0) is 20.7. The number of hydrogen-bond acceptors (Lipinski definition) is 6. The molecule has 1 saturated heterocycles. The highest BCUT2D eigenvalue weighted by molar-refractivity contribution is 7.21. The first-order valence-electron chi connectivity index (χ1n) is 10.2. The Bertz CT molecular complexity index is 1070. The number of aromatic nitrogens is 2. The molecule has 1 aromatic carbocycles. The van der Waals surface area contributed by atoms with Crippen molar-refractivity contribution in [3.8, 4) is 0 Å². The third-order valence-electron chi connectivity index (χ3n) is 5.75. The van der Waals surface area contributed by atoms with E-state index in [9.17, 15) is 9.59 Å². The van der Waals surface area contributed by atoms with E-state index in [1.54, 1.807) is 29.5 Å². The monoisotopic (exact) mass is 421 g/mol. The maximum Gasteiger partial charge on any atom is 0.256 e. The second-order valence-electron chi connectivity index (χ2n) is 7.79. The molecule has 8 heteroatoms. The van der Waals surface area contributed by atoms with Crippen LogP contribution in [0.5, 0.6) is 0 Å². The first-order valence-corrected chi connectivity index (χ1v) is 11.1. The van der Waals surface area contributed by atoms with Crippen LogP contribution in [0.25, 0.3) is 10.3 Å². The summed E-state index contributed by atoms with van der Waals surface area (Å²) in [4.78, 5) is 41.5. The van der Waals surface area contributed by atoms with E-state index in [1.165, 1.54) is 0 Å². The predicted molar refractivity (Wildman–Crippen MR) is 118 cm³/mol. The molecule has 0 radical (unpaired) electrons. The highest BCUT2D eigenvalue weighted by atomic mass is 32.1. The van der Waals surface area contributed by atoms with E-state index in [0.29, 0.717) is 24.3 Å². The molecule has 0 bridgehead atoms. The lowest BCUT2D eigenvalue weighted by Crippen LogP contribution is -2.49. The van der Waals surface area contributed by atoms with Gasteiger partial charge in [-0.2, -0.15) is 0 Å². The largest absolute Gasteiger partial charge is 0.344 e. The average molecular weight is 422 g/mol. The molecule has 2 fully saturated rings. The summed E-state index contributed by atoms with van der Waals surface area (Å²) in [7, 11) is 1.77. The van der Waals surface area contributed by atoms with Crippen molar-refractivity contribution >= 4 is 44.3 Å². The highest BCUT2D eigenvalue weighted by Gasteiger charge is 2.34. The lowest BCUT2D eigenvalue weighted by Gasteiger charge is -2.35. The van der Waals surface area contributed by atoms with Gasteiger partial charge >= 0.3 is 0 Å². The number of amides is 2. The first kappa shape index (κ1) is 19.0. The number of carbonyl (C=O) groups is 2. The van der Waals surface area contributed by atoms with E-state index in [4.69, 9.17) is 0 Å². The minimum Gasteiger partial charge on any atom is -0.344 e. The third-order valence-corrected chi connectivity index (χ3v) is 6.79. The SMILES string of the molecule is CN(C(=O)C1CC1)c1ccccc1C(=O)N1CCN(c2nc3cccnc3s2)CC1. The second-order valence-corrected chi connectivity index (χ2v) is 8.75. The fourth-order valence-corrected chi connectivity index (χ4v) is 4.80. The Hall–Kier alpha value is -3.00. The van der Waals surface area contributed by atoms with Crippen molar-refractivity contribution in [1.29, 1.82) is 0 Å². The highest BCUT2D eigenvalue weighted by Crippen LogP contribution is 2.33. The molecule has 1 aliphatic carbocycles. The summed E-state index contributed by atoms with van der Waals surface area (Å²) in [6.45, 7) is 2.70. The van der Waals surface area contributed by atoms with Crippen molar-refractivity contribution in [2.45, 2.75) is 12.8 Å². The van der Waals surface area contributed by atoms with Crippen LogP contribution >= 0.6 is 11.3 Å². The van der Waals surface area contributed by atoms with Gasteiger partial charge in [-0.05, 0) is 37.1 Å². The molecule has 2 aromatic heterocycles. The average Bonchev–Trinajstić information content (AvgIpc) is 3.56. The third kappa shape index (κ3) is 3.52. The lowest BCUT2D eigenvalue weighted by atomic mass is 10.1. The number of benzene rings is 1. The van der Waals surface area contributed by atoms with Gasteiger partial charge in [0.2, 0.25) is 5.91 Å². The van der Waals surface area contributed by atoms with Crippen LogP contribution in [0.15, 0.2) is 42.6 Å². The van der Waals surface area contributed by atoms with E-state index in [2.05, 4.69) is 14.9 Å². The van der Waals surface area contributed by atoms with Gasteiger partial charge in [-0.25, -0.2) is 9.97 Å². The van der Waals surface area contributed by atoms with Crippen LogP contribution in [0, 0.1) is 5.92 Å². The molecule has 154 valence electrons. The molecule has 3 aromatic rings. The van der Waals surface area contributed by atoms with Crippen molar-refractivity contribution in [1.82, 2.24) is 14.9 Å². The number of hydrogen-bond donors (Lipinski definition) is 0. The van der Waals surface area contributed by atoms with Crippen molar-refractivity contribution in [3.05, 3.63) is 48.2 Å². The fourth-order valence-electron chi connectivity index (χ4n) is 3.83. The van der Waals surface area contributed by atoms with Gasteiger partial charge < -0.3 is 14.7 Å². The summed E-state index contributed by atoms with van der Waals surface area (Å²) >= 11 is 1.58. The van der Waals surface area contributed by atoms with E-state index < -0.39 is 0 Å². The van der Waals surface area contributed by atoms with Gasteiger partial charge in [0, 0.05) is 45.3 Å². The first-order chi connectivity index (χ1) is 14.6. The van der Waals surface area contributed by atoms with Gasteiger partial charge in [0.15, 0.2) is 5.13 Å². The molecule has 7 nitrogen and oxygen atoms in total. The molecule has 30 heavy (non-hydrogen) atoms. The van der Waals surface area contributed by atoms with Crippen LogP contribution in [0.2, 0.25) is 0 Å². The number of anilines is 2. The maximum absolute atomic E-state index is 13.3. The van der Waals surface area contributed by atoms with Crippen LogP contribution in [-0.4, -0.2) is 59.9 Å². The van der Waals surface area contributed by atoms with Gasteiger partial charge in [-0.1, -0.05) is 23.5 Å².